The molecule has 1 heterocycles. The van der Waals surface area contributed by atoms with Gasteiger partial charge in [0.15, 0.2) is 6.29 Å². The van der Waals surface area contributed by atoms with Crippen molar-refractivity contribution >= 4 is 16.4 Å². The molecule has 1 rings (SSSR count). The molecule has 13 heteroatoms. The standard InChI is InChI=1S/C56H102O12S/c1-3-5-7-9-11-13-15-17-19-21-23-24-25-26-27-28-30-32-34-36-38-40-42-44-46-64-48-50(49-65-56-54(60)55(68-69(61,62)63)53(59)51(47-57)67-56)66-52(58)45-43-41-39-37-35-33-31-29-22-20-18-16-14-12-10-8-6-4-2/h5,7,11,13,17,19,23-24,50-51,53-57,59-60H,3-4,6,8-10,12,14-16,18,20-22,25-49H2,1-2H3,(H,61,62,63)/b7-5-,13-11-,19-17-,24-23-. The van der Waals surface area contributed by atoms with E-state index in [0.29, 0.717) is 13.0 Å². The number of hydrogen-bond acceptors (Lipinski definition) is 11. The zero-order chi connectivity index (χ0) is 50.3. The predicted molar refractivity (Wildman–Crippen MR) is 280 cm³/mol. The molecular weight excluding hydrogens is 897 g/mol. The second kappa shape index (κ2) is 47.1. The van der Waals surface area contributed by atoms with E-state index in [9.17, 15) is 33.1 Å². The Bertz CT molecular complexity index is 1380. The lowest BCUT2D eigenvalue weighted by molar-refractivity contribution is -0.301. The van der Waals surface area contributed by atoms with Gasteiger partial charge in [-0.2, -0.15) is 8.42 Å². The average molecular weight is 999 g/mol. The van der Waals surface area contributed by atoms with Crippen LogP contribution in [0.25, 0.3) is 0 Å². The van der Waals surface area contributed by atoms with Gasteiger partial charge in [0.1, 0.15) is 30.5 Å². The van der Waals surface area contributed by atoms with Crippen LogP contribution >= 0.6 is 0 Å². The molecule has 1 saturated heterocycles. The van der Waals surface area contributed by atoms with Crippen LogP contribution in [0.5, 0.6) is 0 Å². The van der Waals surface area contributed by atoms with Gasteiger partial charge >= 0.3 is 16.4 Å². The molecule has 6 atom stereocenters. The fourth-order valence-corrected chi connectivity index (χ4v) is 9.06. The third kappa shape index (κ3) is 40.3. The van der Waals surface area contributed by atoms with Crippen molar-refractivity contribution in [1.29, 1.82) is 0 Å². The van der Waals surface area contributed by atoms with Gasteiger partial charge in [-0.25, -0.2) is 4.18 Å². The summed E-state index contributed by atoms with van der Waals surface area (Å²) in [4.78, 5) is 12.9. The first-order valence-corrected chi connectivity index (χ1v) is 29.3. The second-order valence-electron chi connectivity index (χ2n) is 19.2. The lowest BCUT2D eigenvalue weighted by atomic mass is 9.99. The summed E-state index contributed by atoms with van der Waals surface area (Å²) in [6.07, 6.45) is 50.0. The lowest BCUT2D eigenvalue weighted by Gasteiger charge is -2.41. The SMILES string of the molecule is CC/C=C\C/C=C\C/C=C\C/C=C\CCCCCCCCCCCCCOCC(COC1OC(CO)C(O)C(OS(=O)(=O)O)C1O)OC(=O)CCCCCCCCCCCCCCCCCCCC. The summed E-state index contributed by atoms with van der Waals surface area (Å²) in [5, 5.41) is 30.8. The van der Waals surface area contributed by atoms with Crippen LogP contribution in [-0.2, 0) is 38.3 Å². The summed E-state index contributed by atoms with van der Waals surface area (Å²) >= 11 is 0. The average Bonchev–Trinajstić information content (AvgIpc) is 3.32. The molecule has 4 N–H and O–H groups in total. The molecule has 0 aromatic rings. The zero-order valence-electron chi connectivity index (χ0n) is 43.6. The number of allylic oxidation sites excluding steroid dienone is 8. The van der Waals surface area contributed by atoms with Crippen LogP contribution in [-0.4, -0.2) is 97.5 Å². The van der Waals surface area contributed by atoms with Crippen molar-refractivity contribution in [3.8, 4) is 0 Å². The van der Waals surface area contributed by atoms with Crippen molar-refractivity contribution in [2.24, 2.45) is 0 Å². The summed E-state index contributed by atoms with van der Waals surface area (Å²) in [6.45, 7) is 3.91. The van der Waals surface area contributed by atoms with Crippen LogP contribution in [0.3, 0.4) is 0 Å². The van der Waals surface area contributed by atoms with Crippen LogP contribution in [0.1, 0.15) is 239 Å². The molecule has 0 spiro atoms. The van der Waals surface area contributed by atoms with E-state index in [4.69, 9.17) is 18.9 Å². The third-order valence-corrected chi connectivity index (χ3v) is 13.2. The van der Waals surface area contributed by atoms with E-state index in [2.05, 4.69) is 66.6 Å². The normalized spacial score (nSPS) is 19.5. The van der Waals surface area contributed by atoms with Gasteiger partial charge in [-0.3, -0.25) is 9.35 Å². The lowest BCUT2D eigenvalue weighted by Crippen LogP contribution is -2.60. The predicted octanol–water partition coefficient (Wildman–Crippen LogP) is 13.5. The van der Waals surface area contributed by atoms with Gasteiger partial charge in [0.05, 0.1) is 19.8 Å². The summed E-state index contributed by atoms with van der Waals surface area (Å²) in [5.41, 5.74) is 0. The highest BCUT2D eigenvalue weighted by atomic mass is 32.3. The van der Waals surface area contributed by atoms with Crippen LogP contribution in [0, 0.1) is 0 Å². The molecule has 0 radical (unpaired) electrons. The monoisotopic (exact) mass is 999 g/mol. The molecular formula is C56H102O12S. The molecule has 0 aromatic carbocycles. The van der Waals surface area contributed by atoms with Gasteiger partial charge in [-0.05, 0) is 51.4 Å². The smallest absolute Gasteiger partial charge is 0.397 e. The van der Waals surface area contributed by atoms with Gasteiger partial charge < -0.3 is 34.3 Å². The van der Waals surface area contributed by atoms with E-state index in [1.807, 2.05) is 0 Å². The number of unbranched alkanes of at least 4 members (excludes halogenated alkanes) is 28. The van der Waals surface area contributed by atoms with Gasteiger partial charge in [0.2, 0.25) is 0 Å². The Morgan fingerprint density at radius 3 is 1.46 bits per heavy atom. The van der Waals surface area contributed by atoms with Crippen molar-refractivity contribution in [2.75, 3.05) is 26.4 Å². The Labute approximate surface area is 421 Å². The van der Waals surface area contributed by atoms with Crippen molar-refractivity contribution < 1.29 is 56.2 Å². The van der Waals surface area contributed by atoms with E-state index < -0.39 is 59.8 Å². The zero-order valence-corrected chi connectivity index (χ0v) is 44.4. The number of aliphatic hydroxyl groups excluding tert-OH is 3. The number of esters is 1. The highest BCUT2D eigenvalue weighted by Crippen LogP contribution is 2.26. The summed E-state index contributed by atoms with van der Waals surface area (Å²) < 4.78 is 59.4. The highest BCUT2D eigenvalue weighted by Gasteiger charge is 2.48. The minimum Gasteiger partial charge on any atom is -0.457 e. The van der Waals surface area contributed by atoms with Gasteiger partial charge in [0, 0.05) is 13.0 Å². The number of carbonyl (C=O) groups excluding carboxylic acids is 1. The molecule has 0 bridgehead atoms. The number of ether oxygens (including phenoxy) is 4. The fraction of sp³-hybridized carbons (Fsp3) is 0.839. The van der Waals surface area contributed by atoms with Gasteiger partial charge in [0.25, 0.3) is 0 Å². The first kappa shape index (κ1) is 65.1. The Morgan fingerprint density at radius 2 is 1.00 bits per heavy atom. The summed E-state index contributed by atoms with van der Waals surface area (Å²) in [7, 11) is -5.07. The molecule has 69 heavy (non-hydrogen) atoms. The van der Waals surface area contributed by atoms with Gasteiger partial charge in [-0.1, -0.05) is 229 Å². The minimum atomic E-state index is -5.07. The van der Waals surface area contributed by atoms with Crippen LogP contribution < -0.4 is 0 Å². The molecule has 0 amide bonds. The summed E-state index contributed by atoms with van der Waals surface area (Å²) in [5.74, 6) is -0.396. The first-order chi connectivity index (χ1) is 33.6. The maximum atomic E-state index is 12.9. The molecule has 0 aliphatic carbocycles. The topological polar surface area (TPSA) is 178 Å². The van der Waals surface area contributed by atoms with Crippen molar-refractivity contribution in [3.05, 3.63) is 48.6 Å². The van der Waals surface area contributed by atoms with Crippen LogP contribution in [0.4, 0.5) is 0 Å². The van der Waals surface area contributed by atoms with Gasteiger partial charge in [-0.15, -0.1) is 0 Å². The van der Waals surface area contributed by atoms with Crippen molar-refractivity contribution in [1.82, 2.24) is 0 Å². The first-order valence-electron chi connectivity index (χ1n) is 27.9. The molecule has 12 nitrogen and oxygen atoms in total. The molecule has 404 valence electrons. The third-order valence-electron chi connectivity index (χ3n) is 12.7. The largest absolute Gasteiger partial charge is 0.457 e. The van der Waals surface area contributed by atoms with Crippen molar-refractivity contribution in [3.63, 3.8) is 0 Å². The quantitative estimate of drug-likeness (QED) is 0.0196. The minimum absolute atomic E-state index is 0.0358. The maximum Gasteiger partial charge on any atom is 0.397 e. The maximum absolute atomic E-state index is 12.9. The molecule has 1 aliphatic rings. The van der Waals surface area contributed by atoms with Crippen LogP contribution in [0.2, 0.25) is 0 Å². The molecule has 1 aliphatic heterocycles. The molecule has 6 unspecified atom stereocenters. The van der Waals surface area contributed by atoms with E-state index in [-0.39, 0.29) is 19.6 Å². The number of aliphatic hydroxyl groups is 3. The molecule has 0 saturated carbocycles. The highest BCUT2D eigenvalue weighted by molar-refractivity contribution is 7.80. The van der Waals surface area contributed by atoms with E-state index in [1.54, 1.807) is 0 Å². The van der Waals surface area contributed by atoms with E-state index >= 15 is 0 Å². The second-order valence-corrected chi connectivity index (χ2v) is 20.2. The van der Waals surface area contributed by atoms with Crippen molar-refractivity contribution in [2.45, 2.75) is 275 Å². The molecule has 1 fully saturated rings. The Balaban J connectivity index is 2.30. The Kier molecular flexibility index (Phi) is 44.4. The Hall–Kier alpha value is -1.94. The van der Waals surface area contributed by atoms with E-state index in [1.165, 1.54) is 141 Å². The van der Waals surface area contributed by atoms with Crippen LogP contribution in [0.15, 0.2) is 48.6 Å². The van der Waals surface area contributed by atoms with E-state index in [0.717, 1.165) is 70.6 Å². The Morgan fingerprint density at radius 1 is 0.565 bits per heavy atom. The number of hydrogen-bond donors (Lipinski definition) is 4. The molecule has 0 aromatic heterocycles. The fourth-order valence-electron chi connectivity index (χ4n) is 8.55. The summed E-state index contributed by atoms with van der Waals surface area (Å²) in [6, 6.07) is 0. The number of rotatable bonds is 49. The number of carbonyl (C=O) groups is 1.